The summed E-state index contributed by atoms with van der Waals surface area (Å²) < 4.78 is 0. The van der Waals surface area contributed by atoms with E-state index >= 15 is 0 Å². The smallest absolute Gasteiger partial charge is 0.114 e. The largest absolute Gasteiger partial charge is 0.313 e. The summed E-state index contributed by atoms with van der Waals surface area (Å²) in [6, 6.07) is 6.39. The lowest BCUT2D eigenvalue weighted by atomic mass is 10.1. The minimum Gasteiger partial charge on any atom is -0.313 e. The Morgan fingerprint density at radius 3 is 3.12 bits per heavy atom. The molecular formula is C12H16ClN3S. The first-order valence-electron chi connectivity index (χ1n) is 5.61. The topological polar surface area (TPSA) is 48.7 Å². The summed E-state index contributed by atoms with van der Waals surface area (Å²) in [6.45, 7) is 1.12. The lowest BCUT2D eigenvalue weighted by Crippen LogP contribution is -2.35. The van der Waals surface area contributed by atoms with Gasteiger partial charge in [0.25, 0.3) is 0 Å². The first-order chi connectivity index (χ1) is 7.90. The maximum absolute atomic E-state index is 8.94. The summed E-state index contributed by atoms with van der Waals surface area (Å²) in [4.78, 5) is 4.25. The molecule has 1 aliphatic heterocycles. The first-order valence-corrected chi connectivity index (χ1v) is 6.60. The molecule has 5 heteroatoms. The Morgan fingerprint density at radius 1 is 1.53 bits per heavy atom. The van der Waals surface area contributed by atoms with Crippen molar-refractivity contribution in [1.29, 1.82) is 5.26 Å². The quantitative estimate of drug-likeness (QED) is 0.857. The van der Waals surface area contributed by atoms with Crippen LogP contribution in [0.5, 0.6) is 0 Å². The molecule has 2 rings (SSSR count). The van der Waals surface area contributed by atoms with E-state index in [4.69, 9.17) is 5.26 Å². The van der Waals surface area contributed by atoms with Gasteiger partial charge in [-0.15, -0.1) is 24.2 Å². The number of hydrogen-bond acceptors (Lipinski definition) is 4. The first kappa shape index (κ1) is 14.3. The van der Waals surface area contributed by atoms with Crippen LogP contribution in [-0.2, 0) is 0 Å². The zero-order valence-corrected chi connectivity index (χ0v) is 11.2. The van der Waals surface area contributed by atoms with Gasteiger partial charge in [-0.3, -0.25) is 0 Å². The van der Waals surface area contributed by atoms with Crippen LogP contribution in [0, 0.1) is 11.3 Å². The molecule has 1 aromatic rings. The lowest BCUT2D eigenvalue weighted by molar-refractivity contribution is 0.430. The molecule has 0 aliphatic carbocycles. The van der Waals surface area contributed by atoms with E-state index < -0.39 is 0 Å². The molecule has 0 saturated carbocycles. The van der Waals surface area contributed by atoms with Crippen molar-refractivity contribution in [3.8, 4) is 6.07 Å². The van der Waals surface area contributed by atoms with Gasteiger partial charge < -0.3 is 5.32 Å². The maximum Gasteiger partial charge on any atom is 0.114 e. The van der Waals surface area contributed by atoms with Crippen molar-refractivity contribution in [2.75, 3.05) is 12.3 Å². The number of piperidine rings is 1. The molecule has 0 aromatic carbocycles. The van der Waals surface area contributed by atoms with Crippen LogP contribution in [-0.4, -0.2) is 23.3 Å². The van der Waals surface area contributed by atoms with Gasteiger partial charge in [0.2, 0.25) is 0 Å². The molecule has 1 atom stereocenters. The van der Waals surface area contributed by atoms with Crippen LogP contribution in [0.2, 0.25) is 0 Å². The van der Waals surface area contributed by atoms with E-state index in [1.807, 2.05) is 12.1 Å². The van der Waals surface area contributed by atoms with Gasteiger partial charge in [-0.05, 0) is 31.5 Å². The van der Waals surface area contributed by atoms with Crippen molar-refractivity contribution < 1.29 is 0 Å². The number of halogens is 1. The lowest BCUT2D eigenvalue weighted by Gasteiger charge is -2.22. The summed E-state index contributed by atoms with van der Waals surface area (Å²) in [5.41, 5.74) is 0.684. The summed E-state index contributed by atoms with van der Waals surface area (Å²) in [7, 11) is 0. The molecular weight excluding hydrogens is 254 g/mol. The number of thioether (sulfide) groups is 1. The van der Waals surface area contributed by atoms with E-state index in [1.54, 1.807) is 18.0 Å². The fourth-order valence-electron chi connectivity index (χ4n) is 1.84. The molecule has 2 heterocycles. The van der Waals surface area contributed by atoms with E-state index in [2.05, 4.69) is 16.4 Å². The molecule has 1 N–H and O–H groups in total. The minimum absolute atomic E-state index is 0. The van der Waals surface area contributed by atoms with Crippen LogP contribution in [0.25, 0.3) is 0 Å². The third-order valence-electron chi connectivity index (χ3n) is 2.73. The molecule has 3 nitrogen and oxygen atoms in total. The minimum atomic E-state index is 0. The second-order valence-electron chi connectivity index (χ2n) is 3.93. The highest BCUT2D eigenvalue weighted by Crippen LogP contribution is 2.22. The fourth-order valence-corrected chi connectivity index (χ4v) is 2.88. The van der Waals surface area contributed by atoms with Crippen molar-refractivity contribution in [2.45, 2.75) is 30.3 Å². The zero-order chi connectivity index (χ0) is 11.2. The van der Waals surface area contributed by atoms with E-state index in [0.717, 1.165) is 17.3 Å². The monoisotopic (exact) mass is 269 g/mol. The van der Waals surface area contributed by atoms with Crippen LogP contribution in [0.1, 0.15) is 24.8 Å². The number of aromatic nitrogens is 1. The highest BCUT2D eigenvalue weighted by Gasteiger charge is 2.13. The molecule has 0 spiro atoms. The fraction of sp³-hybridized carbons (Fsp3) is 0.500. The number of nitriles is 1. The van der Waals surface area contributed by atoms with Crippen molar-refractivity contribution in [3.63, 3.8) is 0 Å². The van der Waals surface area contributed by atoms with E-state index in [0.29, 0.717) is 11.6 Å². The number of hydrogen-bond donors (Lipinski definition) is 1. The summed E-state index contributed by atoms with van der Waals surface area (Å²) in [5, 5.41) is 13.3. The summed E-state index contributed by atoms with van der Waals surface area (Å²) in [6.07, 6.45) is 5.58. The normalized spacial score (nSPS) is 19.1. The van der Waals surface area contributed by atoms with Crippen molar-refractivity contribution >= 4 is 24.2 Å². The molecule has 1 saturated heterocycles. The van der Waals surface area contributed by atoms with E-state index in [-0.39, 0.29) is 12.4 Å². The Balaban J connectivity index is 0.00000144. The summed E-state index contributed by atoms with van der Waals surface area (Å²) >= 11 is 1.68. The van der Waals surface area contributed by atoms with Crippen LogP contribution in [0.4, 0.5) is 0 Å². The van der Waals surface area contributed by atoms with Gasteiger partial charge in [-0.25, -0.2) is 4.98 Å². The molecule has 92 valence electrons. The van der Waals surface area contributed by atoms with Gasteiger partial charge >= 0.3 is 0 Å². The van der Waals surface area contributed by atoms with E-state index in [1.165, 1.54) is 19.3 Å². The predicted octanol–water partition coefficient (Wildman–Crippen LogP) is 2.61. The molecule has 17 heavy (non-hydrogen) atoms. The maximum atomic E-state index is 8.94. The second kappa shape index (κ2) is 7.54. The van der Waals surface area contributed by atoms with Gasteiger partial charge in [0.1, 0.15) is 11.1 Å². The highest BCUT2D eigenvalue weighted by molar-refractivity contribution is 7.99. The van der Waals surface area contributed by atoms with Crippen molar-refractivity contribution in [1.82, 2.24) is 10.3 Å². The Bertz CT molecular complexity index is 386. The number of rotatable bonds is 3. The Labute approximate surface area is 112 Å². The highest BCUT2D eigenvalue weighted by atomic mass is 35.5. The third kappa shape index (κ3) is 4.19. The molecule has 1 fully saturated rings. The van der Waals surface area contributed by atoms with Crippen molar-refractivity contribution in [3.05, 3.63) is 23.9 Å². The van der Waals surface area contributed by atoms with Gasteiger partial charge in [0, 0.05) is 18.0 Å². The van der Waals surface area contributed by atoms with Crippen molar-refractivity contribution in [2.24, 2.45) is 0 Å². The molecule has 1 aromatic heterocycles. The molecule has 1 unspecified atom stereocenters. The molecule has 0 amide bonds. The second-order valence-corrected chi connectivity index (χ2v) is 4.93. The number of nitrogens with zero attached hydrogens (tertiary/aromatic N) is 2. The van der Waals surface area contributed by atoms with Gasteiger partial charge in [0.05, 0.1) is 5.56 Å². The predicted molar refractivity (Wildman–Crippen MR) is 72.6 cm³/mol. The third-order valence-corrected chi connectivity index (χ3v) is 3.89. The average molecular weight is 270 g/mol. The van der Waals surface area contributed by atoms with Crippen LogP contribution >= 0.6 is 24.2 Å². The molecule has 0 bridgehead atoms. The van der Waals surface area contributed by atoms with Gasteiger partial charge in [-0.1, -0.05) is 6.42 Å². The SMILES string of the molecule is Cl.N#Cc1cccnc1SCC1CCCCN1. The zero-order valence-electron chi connectivity index (χ0n) is 9.56. The number of pyridine rings is 1. The Hall–Kier alpha value is -0.760. The van der Waals surface area contributed by atoms with Gasteiger partial charge in [0.15, 0.2) is 0 Å². The van der Waals surface area contributed by atoms with Crippen LogP contribution in [0.15, 0.2) is 23.4 Å². The standard InChI is InChI=1S/C12H15N3S.ClH/c13-8-10-4-3-7-15-12(10)16-9-11-5-1-2-6-14-11;/h3-4,7,11,14H,1-2,5-6,9H2;1H. The van der Waals surface area contributed by atoms with Crippen LogP contribution in [0.3, 0.4) is 0 Å². The Morgan fingerprint density at radius 2 is 2.41 bits per heavy atom. The van der Waals surface area contributed by atoms with Gasteiger partial charge in [-0.2, -0.15) is 5.26 Å². The molecule has 1 aliphatic rings. The van der Waals surface area contributed by atoms with E-state index in [9.17, 15) is 0 Å². The van der Waals surface area contributed by atoms with Crippen LogP contribution < -0.4 is 5.32 Å². The summed E-state index contributed by atoms with van der Waals surface area (Å²) in [5.74, 6) is 1.01. The Kier molecular flexibility index (Phi) is 6.35. The average Bonchev–Trinajstić information content (AvgIpc) is 2.38. The number of nitrogens with one attached hydrogen (secondary N) is 1. The molecule has 0 radical (unpaired) electrons.